The molecule has 0 fully saturated rings. The van der Waals surface area contributed by atoms with Gasteiger partial charge in [-0.2, -0.15) is 13.2 Å². The second-order valence-corrected chi connectivity index (χ2v) is 5.13. The Labute approximate surface area is 124 Å². The average molecular weight is 301 g/mol. The molecule has 2 nitrogen and oxygen atoms in total. The van der Waals surface area contributed by atoms with Crippen LogP contribution in [0.15, 0.2) is 29.8 Å². The van der Waals surface area contributed by atoms with Crippen LogP contribution in [-0.4, -0.2) is 26.8 Å². The number of hydrogen-bond acceptors (Lipinski definition) is 2. The minimum Gasteiger partial charge on any atom is -0.383 e. The van der Waals surface area contributed by atoms with Crippen LogP contribution in [0.3, 0.4) is 0 Å². The average Bonchev–Trinajstić information content (AvgIpc) is 2.41. The third kappa shape index (κ3) is 5.89. The third-order valence-corrected chi connectivity index (χ3v) is 3.16. The first kappa shape index (κ1) is 17.7. The fourth-order valence-electron chi connectivity index (χ4n) is 1.91. The van der Waals surface area contributed by atoms with E-state index in [1.807, 2.05) is 13.8 Å². The van der Waals surface area contributed by atoms with Crippen LogP contribution in [0, 0.1) is 5.92 Å². The molecule has 118 valence electrons. The number of hydrogen-bond donors (Lipinski definition) is 1. The Bertz CT molecular complexity index is 467. The van der Waals surface area contributed by atoms with Crippen LogP contribution in [0.4, 0.5) is 13.2 Å². The summed E-state index contributed by atoms with van der Waals surface area (Å²) in [5, 5.41) is 3.17. The fraction of sp³-hybridized carbons (Fsp3) is 0.500. The Morgan fingerprint density at radius 3 is 2.52 bits per heavy atom. The van der Waals surface area contributed by atoms with E-state index in [4.69, 9.17) is 4.74 Å². The van der Waals surface area contributed by atoms with Crippen molar-refractivity contribution in [2.75, 3.05) is 26.8 Å². The molecule has 1 rings (SSSR count). The van der Waals surface area contributed by atoms with E-state index >= 15 is 0 Å². The zero-order valence-corrected chi connectivity index (χ0v) is 12.6. The maximum Gasteiger partial charge on any atom is 0.416 e. The van der Waals surface area contributed by atoms with Crippen molar-refractivity contribution in [3.05, 3.63) is 41.0 Å². The largest absolute Gasteiger partial charge is 0.416 e. The van der Waals surface area contributed by atoms with Crippen molar-refractivity contribution < 1.29 is 17.9 Å². The summed E-state index contributed by atoms with van der Waals surface area (Å²) in [6.45, 7) is 5.74. The van der Waals surface area contributed by atoms with Gasteiger partial charge in [-0.3, -0.25) is 0 Å². The summed E-state index contributed by atoms with van der Waals surface area (Å²) in [5.41, 5.74) is 0.546. The topological polar surface area (TPSA) is 21.3 Å². The summed E-state index contributed by atoms with van der Waals surface area (Å²) in [6.07, 6.45) is -2.70. The number of methoxy groups -OCH3 is 1. The number of ether oxygens (including phenoxy) is 1. The highest BCUT2D eigenvalue weighted by atomic mass is 19.4. The molecule has 0 spiro atoms. The molecule has 0 heterocycles. The third-order valence-electron chi connectivity index (χ3n) is 3.16. The zero-order valence-electron chi connectivity index (χ0n) is 12.6. The molecule has 0 aliphatic rings. The number of nitrogens with one attached hydrogen (secondary N) is 1. The van der Waals surface area contributed by atoms with Gasteiger partial charge in [0.1, 0.15) is 0 Å². The van der Waals surface area contributed by atoms with Gasteiger partial charge in [-0.1, -0.05) is 43.7 Å². The van der Waals surface area contributed by atoms with Gasteiger partial charge in [0, 0.05) is 20.2 Å². The van der Waals surface area contributed by atoms with Gasteiger partial charge in [-0.15, -0.1) is 0 Å². The first-order chi connectivity index (χ1) is 9.86. The maximum absolute atomic E-state index is 13.0. The molecule has 0 aliphatic heterocycles. The van der Waals surface area contributed by atoms with E-state index in [1.54, 1.807) is 19.3 Å². The molecule has 0 aromatic heterocycles. The zero-order chi connectivity index (χ0) is 15.9. The first-order valence-electron chi connectivity index (χ1n) is 6.92. The summed E-state index contributed by atoms with van der Waals surface area (Å²) in [6, 6.07) is 5.64. The summed E-state index contributed by atoms with van der Waals surface area (Å²) < 4.78 is 43.9. The lowest BCUT2D eigenvalue weighted by molar-refractivity contribution is -0.137. The Morgan fingerprint density at radius 1 is 1.29 bits per heavy atom. The van der Waals surface area contributed by atoms with Crippen LogP contribution in [0.5, 0.6) is 0 Å². The minimum atomic E-state index is -4.33. The van der Waals surface area contributed by atoms with Crippen LogP contribution < -0.4 is 5.32 Å². The van der Waals surface area contributed by atoms with Crippen LogP contribution >= 0.6 is 0 Å². The van der Waals surface area contributed by atoms with Gasteiger partial charge in [0.2, 0.25) is 0 Å². The van der Waals surface area contributed by atoms with E-state index in [2.05, 4.69) is 5.32 Å². The summed E-state index contributed by atoms with van der Waals surface area (Å²) in [4.78, 5) is 0. The standard InChI is InChI=1S/C16H22F3NO/c1-12(2)14(11-20-8-9-21-3)10-13-6-4-5-7-15(13)16(17,18)19/h4-7,10,12,20H,8-9,11H2,1-3H3. The van der Waals surface area contributed by atoms with Gasteiger partial charge in [0.15, 0.2) is 0 Å². The van der Waals surface area contributed by atoms with E-state index in [-0.39, 0.29) is 11.5 Å². The van der Waals surface area contributed by atoms with Crippen molar-refractivity contribution >= 4 is 6.08 Å². The van der Waals surface area contributed by atoms with E-state index in [1.165, 1.54) is 12.1 Å². The maximum atomic E-state index is 13.0. The van der Waals surface area contributed by atoms with E-state index < -0.39 is 11.7 Å². The minimum absolute atomic E-state index is 0.168. The number of benzene rings is 1. The predicted octanol–water partition coefficient (Wildman–Crippen LogP) is 3.98. The Kier molecular flexibility index (Phi) is 6.92. The highest BCUT2D eigenvalue weighted by Crippen LogP contribution is 2.33. The SMILES string of the molecule is COCCNCC(=Cc1ccccc1C(F)(F)F)C(C)C. The molecule has 1 N–H and O–H groups in total. The van der Waals surface area contributed by atoms with Gasteiger partial charge in [-0.25, -0.2) is 0 Å². The molecular weight excluding hydrogens is 279 g/mol. The fourth-order valence-corrected chi connectivity index (χ4v) is 1.91. The van der Waals surface area contributed by atoms with Crippen LogP contribution in [0.1, 0.15) is 25.0 Å². The predicted molar refractivity (Wildman–Crippen MR) is 79.0 cm³/mol. The lowest BCUT2D eigenvalue weighted by atomic mass is 9.97. The van der Waals surface area contributed by atoms with E-state index in [0.29, 0.717) is 19.7 Å². The lowest BCUT2D eigenvalue weighted by Crippen LogP contribution is -2.23. The molecule has 0 aliphatic carbocycles. The first-order valence-corrected chi connectivity index (χ1v) is 6.92. The summed E-state index contributed by atoms with van der Waals surface area (Å²) in [5.74, 6) is 0.168. The molecule has 0 saturated carbocycles. The van der Waals surface area contributed by atoms with Crippen molar-refractivity contribution in [1.29, 1.82) is 0 Å². The monoisotopic (exact) mass is 301 g/mol. The van der Waals surface area contributed by atoms with Crippen LogP contribution in [0.2, 0.25) is 0 Å². The molecule has 0 radical (unpaired) electrons. The summed E-state index contributed by atoms with van der Waals surface area (Å²) >= 11 is 0. The Hall–Kier alpha value is -1.33. The molecule has 0 unspecified atom stereocenters. The van der Waals surface area contributed by atoms with E-state index in [9.17, 15) is 13.2 Å². The van der Waals surface area contributed by atoms with Crippen molar-refractivity contribution in [2.45, 2.75) is 20.0 Å². The van der Waals surface area contributed by atoms with Crippen molar-refractivity contribution in [3.8, 4) is 0 Å². The van der Waals surface area contributed by atoms with E-state index in [0.717, 1.165) is 11.6 Å². The molecule has 0 bridgehead atoms. The van der Waals surface area contributed by atoms with Gasteiger partial charge in [0.05, 0.1) is 12.2 Å². The highest BCUT2D eigenvalue weighted by molar-refractivity contribution is 5.58. The second-order valence-electron chi connectivity index (χ2n) is 5.13. The van der Waals surface area contributed by atoms with Gasteiger partial charge in [-0.05, 0) is 17.5 Å². The molecule has 21 heavy (non-hydrogen) atoms. The molecule has 0 atom stereocenters. The van der Waals surface area contributed by atoms with Gasteiger partial charge >= 0.3 is 6.18 Å². The van der Waals surface area contributed by atoms with Crippen molar-refractivity contribution in [1.82, 2.24) is 5.32 Å². The normalized spacial score (nSPS) is 13.0. The van der Waals surface area contributed by atoms with Crippen LogP contribution in [0.25, 0.3) is 6.08 Å². The van der Waals surface area contributed by atoms with Crippen molar-refractivity contribution in [2.24, 2.45) is 5.92 Å². The number of alkyl halides is 3. The number of rotatable bonds is 7. The molecule has 0 amide bonds. The van der Waals surface area contributed by atoms with Gasteiger partial charge in [0.25, 0.3) is 0 Å². The second kappa shape index (κ2) is 8.20. The Balaban J connectivity index is 2.95. The quantitative estimate of drug-likeness (QED) is 0.769. The number of halogens is 3. The lowest BCUT2D eigenvalue weighted by Gasteiger charge is -2.15. The highest BCUT2D eigenvalue weighted by Gasteiger charge is 2.32. The summed E-state index contributed by atoms with van der Waals surface area (Å²) in [7, 11) is 1.61. The molecule has 1 aromatic rings. The molecule has 1 aromatic carbocycles. The molecule has 0 saturated heterocycles. The van der Waals surface area contributed by atoms with Crippen LogP contribution in [-0.2, 0) is 10.9 Å². The molecule has 5 heteroatoms. The van der Waals surface area contributed by atoms with Crippen molar-refractivity contribution in [3.63, 3.8) is 0 Å². The Morgan fingerprint density at radius 2 is 1.95 bits per heavy atom. The van der Waals surface area contributed by atoms with Gasteiger partial charge < -0.3 is 10.1 Å². The molecular formula is C16H22F3NO. The smallest absolute Gasteiger partial charge is 0.383 e.